The van der Waals surface area contributed by atoms with Crippen LogP contribution in [0.3, 0.4) is 0 Å². The van der Waals surface area contributed by atoms with Crippen LogP contribution in [-0.2, 0) is 4.79 Å². The van der Waals surface area contributed by atoms with Gasteiger partial charge in [0.05, 0.1) is 0 Å². The second-order valence-corrected chi connectivity index (χ2v) is 6.35. The molecule has 2 amide bonds. The molecule has 0 aromatic carbocycles. The fourth-order valence-electron chi connectivity index (χ4n) is 2.82. The molecule has 1 aliphatic rings. The van der Waals surface area contributed by atoms with Gasteiger partial charge in [-0.25, -0.2) is 9.59 Å². The normalized spacial score (nSPS) is 20.0. The van der Waals surface area contributed by atoms with Crippen LogP contribution in [0.15, 0.2) is 17.5 Å². The van der Waals surface area contributed by atoms with E-state index in [4.69, 9.17) is 0 Å². The van der Waals surface area contributed by atoms with Gasteiger partial charge in [-0.05, 0) is 37.1 Å². The maximum absolute atomic E-state index is 12.4. The van der Waals surface area contributed by atoms with Gasteiger partial charge in [0.15, 0.2) is 6.04 Å². The minimum Gasteiger partial charge on any atom is -0.479 e. The number of carboxylic acids is 1. The SMILES string of the molecule is CCCC1CCCCN1C(=O)NC(C(=O)O)c1cccs1. The first-order chi connectivity index (χ1) is 10.1. The molecule has 1 aromatic rings. The number of nitrogens with one attached hydrogen (secondary N) is 1. The quantitative estimate of drug-likeness (QED) is 0.877. The fraction of sp³-hybridized carbons (Fsp3) is 0.600. The molecular weight excluding hydrogens is 288 g/mol. The Morgan fingerprint density at radius 2 is 2.33 bits per heavy atom. The number of urea groups is 1. The van der Waals surface area contributed by atoms with Gasteiger partial charge in [-0.2, -0.15) is 0 Å². The minimum atomic E-state index is -1.02. The van der Waals surface area contributed by atoms with E-state index in [1.807, 2.05) is 10.3 Å². The zero-order chi connectivity index (χ0) is 15.2. The molecule has 0 bridgehead atoms. The van der Waals surface area contributed by atoms with Crippen LogP contribution >= 0.6 is 11.3 Å². The Hall–Kier alpha value is -1.56. The monoisotopic (exact) mass is 310 g/mol. The molecule has 0 spiro atoms. The van der Waals surface area contributed by atoms with E-state index in [-0.39, 0.29) is 12.1 Å². The summed E-state index contributed by atoms with van der Waals surface area (Å²) in [6.07, 6.45) is 5.15. The Morgan fingerprint density at radius 3 is 2.95 bits per heavy atom. The van der Waals surface area contributed by atoms with E-state index in [1.54, 1.807) is 12.1 Å². The smallest absolute Gasteiger partial charge is 0.331 e. The van der Waals surface area contributed by atoms with E-state index in [0.29, 0.717) is 11.4 Å². The number of carboxylic acid groups (broad SMARTS) is 1. The van der Waals surface area contributed by atoms with Crippen molar-refractivity contribution < 1.29 is 14.7 Å². The third-order valence-corrected chi connectivity index (χ3v) is 4.79. The Kier molecular flexibility index (Phi) is 5.61. The molecule has 0 radical (unpaired) electrons. The summed E-state index contributed by atoms with van der Waals surface area (Å²) in [7, 11) is 0. The molecular formula is C15H22N2O3S. The van der Waals surface area contributed by atoms with Crippen LogP contribution < -0.4 is 5.32 Å². The molecule has 2 atom stereocenters. The topological polar surface area (TPSA) is 69.6 Å². The lowest BCUT2D eigenvalue weighted by Gasteiger charge is -2.36. The van der Waals surface area contributed by atoms with Crippen LogP contribution in [0.2, 0.25) is 0 Å². The highest BCUT2D eigenvalue weighted by Crippen LogP contribution is 2.23. The highest BCUT2D eigenvalue weighted by atomic mass is 32.1. The summed E-state index contributed by atoms with van der Waals surface area (Å²) in [4.78, 5) is 26.3. The van der Waals surface area contributed by atoms with Gasteiger partial charge < -0.3 is 15.3 Å². The molecule has 6 heteroatoms. The highest BCUT2D eigenvalue weighted by molar-refractivity contribution is 7.10. The van der Waals surface area contributed by atoms with Gasteiger partial charge in [-0.15, -0.1) is 11.3 Å². The Morgan fingerprint density at radius 1 is 1.52 bits per heavy atom. The summed E-state index contributed by atoms with van der Waals surface area (Å²) in [6, 6.07) is 2.56. The molecule has 1 aliphatic heterocycles. The molecule has 1 saturated heterocycles. The van der Waals surface area contributed by atoms with Crippen LogP contribution in [0.4, 0.5) is 4.79 Å². The van der Waals surface area contributed by atoms with Gasteiger partial charge in [0, 0.05) is 17.5 Å². The van der Waals surface area contributed by atoms with Crippen molar-refractivity contribution in [3.63, 3.8) is 0 Å². The largest absolute Gasteiger partial charge is 0.479 e. The molecule has 1 fully saturated rings. The third kappa shape index (κ3) is 3.97. The lowest BCUT2D eigenvalue weighted by atomic mass is 9.99. The summed E-state index contributed by atoms with van der Waals surface area (Å²) >= 11 is 1.34. The molecule has 5 nitrogen and oxygen atoms in total. The molecule has 2 unspecified atom stereocenters. The molecule has 0 aliphatic carbocycles. The molecule has 2 N–H and O–H groups in total. The molecule has 1 aromatic heterocycles. The van der Waals surface area contributed by atoms with Gasteiger partial charge in [-0.1, -0.05) is 19.4 Å². The van der Waals surface area contributed by atoms with Crippen LogP contribution in [0.1, 0.15) is 49.9 Å². The first-order valence-electron chi connectivity index (χ1n) is 7.46. The zero-order valence-electron chi connectivity index (χ0n) is 12.2. The van der Waals surface area contributed by atoms with Crippen molar-refractivity contribution in [2.24, 2.45) is 0 Å². The first kappa shape index (κ1) is 15.8. The number of nitrogens with zero attached hydrogens (tertiary/aromatic N) is 1. The van der Waals surface area contributed by atoms with E-state index in [9.17, 15) is 14.7 Å². The number of thiophene rings is 1. The van der Waals surface area contributed by atoms with Crippen molar-refractivity contribution >= 4 is 23.3 Å². The van der Waals surface area contributed by atoms with Crippen LogP contribution in [-0.4, -0.2) is 34.6 Å². The number of rotatable bonds is 5. The Bertz CT molecular complexity index is 473. The number of carbonyl (C=O) groups is 2. The molecule has 21 heavy (non-hydrogen) atoms. The number of hydrogen-bond donors (Lipinski definition) is 2. The highest BCUT2D eigenvalue weighted by Gasteiger charge is 2.30. The molecule has 116 valence electrons. The number of aliphatic carboxylic acids is 1. The van der Waals surface area contributed by atoms with Gasteiger partial charge in [0.25, 0.3) is 0 Å². The Labute approximate surface area is 129 Å². The van der Waals surface area contributed by atoms with Crippen LogP contribution in [0.5, 0.6) is 0 Å². The average Bonchev–Trinajstić information content (AvgIpc) is 2.99. The van der Waals surface area contributed by atoms with Gasteiger partial charge >= 0.3 is 12.0 Å². The van der Waals surface area contributed by atoms with Gasteiger partial charge in [-0.3, -0.25) is 0 Å². The Balaban J connectivity index is 2.05. The number of piperidine rings is 1. The predicted octanol–water partition coefficient (Wildman–Crippen LogP) is 3.24. The van der Waals surface area contributed by atoms with Crippen molar-refractivity contribution in [3.8, 4) is 0 Å². The molecule has 0 saturated carbocycles. The standard InChI is InChI=1S/C15H22N2O3S/c1-2-6-11-7-3-4-9-17(11)15(20)16-13(14(18)19)12-8-5-10-21-12/h5,8,10-11,13H,2-4,6-7,9H2,1H3,(H,16,20)(H,18,19). The van der Waals surface area contributed by atoms with Crippen molar-refractivity contribution in [3.05, 3.63) is 22.4 Å². The van der Waals surface area contributed by atoms with E-state index in [2.05, 4.69) is 12.2 Å². The predicted molar refractivity (Wildman–Crippen MR) is 82.5 cm³/mol. The van der Waals surface area contributed by atoms with Crippen molar-refractivity contribution in [2.75, 3.05) is 6.54 Å². The maximum Gasteiger partial charge on any atom is 0.331 e. The summed E-state index contributed by atoms with van der Waals surface area (Å²) in [5, 5.41) is 13.8. The lowest BCUT2D eigenvalue weighted by Crippen LogP contribution is -2.50. The lowest BCUT2D eigenvalue weighted by molar-refractivity contribution is -0.139. The number of carbonyl (C=O) groups excluding carboxylic acids is 1. The van der Waals surface area contributed by atoms with Crippen molar-refractivity contribution in [1.82, 2.24) is 10.2 Å². The summed E-state index contributed by atoms with van der Waals surface area (Å²) in [6.45, 7) is 2.82. The van der Waals surface area contributed by atoms with Crippen molar-refractivity contribution in [2.45, 2.75) is 51.1 Å². The number of amides is 2. The summed E-state index contributed by atoms with van der Waals surface area (Å²) < 4.78 is 0. The van der Waals surface area contributed by atoms with Crippen molar-refractivity contribution in [1.29, 1.82) is 0 Å². The van der Waals surface area contributed by atoms with Crippen LogP contribution in [0.25, 0.3) is 0 Å². The first-order valence-corrected chi connectivity index (χ1v) is 8.34. The molecule has 2 rings (SSSR count). The average molecular weight is 310 g/mol. The van der Waals surface area contributed by atoms with Gasteiger partial charge in [0.1, 0.15) is 0 Å². The molecule has 2 heterocycles. The number of likely N-dealkylation sites (tertiary alicyclic amines) is 1. The van der Waals surface area contributed by atoms with E-state index < -0.39 is 12.0 Å². The van der Waals surface area contributed by atoms with E-state index in [0.717, 1.165) is 32.1 Å². The maximum atomic E-state index is 12.4. The fourth-order valence-corrected chi connectivity index (χ4v) is 3.58. The summed E-state index contributed by atoms with van der Waals surface area (Å²) in [5.41, 5.74) is 0. The third-order valence-electron chi connectivity index (χ3n) is 3.85. The zero-order valence-corrected chi connectivity index (χ0v) is 13.1. The summed E-state index contributed by atoms with van der Waals surface area (Å²) in [5.74, 6) is -1.02. The van der Waals surface area contributed by atoms with Gasteiger partial charge in [0.2, 0.25) is 0 Å². The van der Waals surface area contributed by atoms with E-state index >= 15 is 0 Å². The second kappa shape index (κ2) is 7.45. The van der Waals surface area contributed by atoms with Crippen LogP contribution in [0, 0.1) is 0 Å². The number of hydrogen-bond acceptors (Lipinski definition) is 3. The van der Waals surface area contributed by atoms with E-state index in [1.165, 1.54) is 11.3 Å². The second-order valence-electron chi connectivity index (χ2n) is 5.37. The minimum absolute atomic E-state index is 0.238.